The molecule has 1 N–H and O–H groups in total. The quantitative estimate of drug-likeness (QED) is 0.856. The van der Waals surface area contributed by atoms with Crippen molar-refractivity contribution in [2.24, 2.45) is 0 Å². The summed E-state index contributed by atoms with van der Waals surface area (Å²) in [4.78, 5) is 13.4. The Balaban J connectivity index is 1.68. The van der Waals surface area contributed by atoms with Crippen molar-refractivity contribution >= 4 is 15.9 Å². The number of amides is 1. The fourth-order valence-electron chi connectivity index (χ4n) is 3.09. The van der Waals surface area contributed by atoms with Gasteiger partial charge in [-0.15, -0.1) is 0 Å². The van der Waals surface area contributed by atoms with Crippen molar-refractivity contribution in [1.29, 1.82) is 0 Å². The Labute approximate surface area is 139 Å². The third kappa shape index (κ3) is 3.28. The molecule has 1 amide bonds. The van der Waals surface area contributed by atoms with Crippen LogP contribution in [0.2, 0.25) is 0 Å². The highest BCUT2D eigenvalue weighted by molar-refractivity contribution is 7.89. The van der Waals surface area contributed by atoms with E-state index in [1.54, 1.807) is 4.90 Å². The minimum Gasteiger partial charge on any atom is -0.339 e. The van der Waals surface area contributed by atoms with E-state index in [1.807, 2.05) is 0 Å². The molecular formula is C15H19F2N3O3S. The zero-order chi connectivity index (χ0) is 17.3. The predicted molar refractivity (Wildman–Crippen MR) is 82.7 cm³/mol. The highest BCUT2D eigenvalue weighted by Gasteiger charge is 2.34. The molecule has 2 aliphatic heterocycles. The first kappa shape index (κ1) is 17.2. The molecule has 2 fully saturated rings. The number of rotatable bonds is 3. The van der Waals surface area contributed by atoms with Gasteiger partial charge in [0.1, 0.15) is 16.5 Å². The monoisotopic (exact) mass is 359 g/mol. The Bertz CT molecular complexity index is 727. The summed E-state index contributed by atoms with van der Waals surface area (Å²) in [5, 5.41) is 3.13. The van der Waals surface area contributed by atoms with Crippen LogP contribution in [0.15, 0.2) is 23.1 Å². The van der Waals surface area contributed by atoms with Gasteiger partial charge in [0.05, 0.1) is 6.04 Å². The topological polar surface area (TPSA) is 69.7 Å². The largest absolute Gasteiger partial charge is 0.339 e. The fourth-order valence-corrected chi connectivity index (χ4v) is 4.56. The van der Waals surface area contributed by atoms with Gasteiger partial charge in [-0.3, -0.25) is 4.79 Å². The van der Waals surface area contributed by atoms with Gasteiger partial charge in [0.25, 0.3) is 0 Å². The third-order valence-corrected chi connectivity index (χ3v) is 6.35. The summed E-state index contributed by atoms with van der Waals surface area (Å²) in [5.74, 6) is -1.95. The number of hydrogen-bond acceptors (Lipinski definition) is 4. The van der Waals surface area contributed by atoms with E-state index in [1.165, 1.54) is 0 Å². The molecule has 1 aromatic carbocycles. The lowest BCUT2D eigenvalue weighted by Crippen LogP contribution is -2.54. The first-order chi connectivity index (χ1) is 11.4. The van der Waals surface area contributed by atoms with E-state index in [0.717, 1.165) is 35.8 Å². The van der Waals surface area contributed by atoms with Crippen molar-refractivity contribution in [3.8, 4) is 0 Å². The zero-order valence-corrected chi connectivity index (χ0v) is 13.9. The van der Waals surface area contributed by atoms with Gasteiger partial charge >= 0.3 is 0 Å². The molecule has 0 aromatic heterocycles. The molecule has 2 heterocycles. The normalized spacial score (nSPS) is 22.8. The molecule has 24 heavy (non-hydrogen) atoms. The number of benzene rings is 1. The van der Waals surface area contributed by atoms with Crippen molar-refractivity contribution in [2.45, 2.75) is 23.8 Å². The average Bonchev–Trinajstić information content (AvgIpc) is 3.08. The van der Waals surface area contributed by atoms with Gasteiger partial charge in [0, 0.05) is 32.2 Å². The number of halogens is 2. The van der Waals surface area contributed by atoms with E-state index in [9.17, 15) is 22.0 Å². The van der Waals surface area contributed by atoms with E-state index in [-0.39, 0.29) is 38.1 Å². The van der Waals surface area contributed by atoms with Gasteiger partial charge in [-0.1, -0.05) is 0 Å². The van der Waals surface area contributed by atoms with Gasteiger partial charge < -0.3 is 10.2 Å². The van der Waals surface area contributed by atoms with E-state index in [4.69, 9.17) is 0 Å². The van der Waals surface area contributed by atoms with E-state index in [0.29, 0.717) is 6.07 Å². The number of carbonyl (C=O) groups excluding carboxylic acids is 1. The second-order valence-corrected chi connectivity index (χ2v) is 7.86. The third-order valence-electron chi connectivity index (χ3n) is 4.42. The van der Waals surface area contributed by atoms with Crippen LogP contribution in [0.3, 0.4) is 0 Å². The molecule has 1 aromatic rings. The van der Waals surface area contributed by atoms with Gasteiger partial charge in [-0.25, -0.2) is 17.2 Å². The summed E-state index contributed by atoms with van der Waals surface area (Å²) in [7, 11) is -4.04. The maximum absolute atomic E-state index is 13.8. The fraction of sp³-hybridized carbons (Fsp3) is 0.533. The van der Waals surface area contributed by atoms with Crippen molar-refractivity contribution in [3.63, 3.8) is 0 Å². The van der Waals surface area contributed by atoms with Crippen LogP contribution in [0.1, 0.15) is 12.8 Å². The number of sulfonamides is 1. The van der Waals surface area contributed by atoms with E-state index in [2.05, 4.69) is 5.32 Å². The summed E-state index contributed by atoms with van der Waals surface area (Å²) in [5.41, 5.74) is 0. The number of piperazine rings is 1. The molecule has 0 saturated carbocycles. The molecule has 0 aliphatic carbocycles. The molecule has 0 bridgehead atoms. The highest BCUT2D eigenvalue weighted by atomic mass is 32.2. The standard InChI is InChI=1S/C15H19F2N3O3S/c16-11-3-4-14(12(17)10-11)24(22,23)20-8-6-19(7-9-20)15(21)13-2-1-5-18-13/h3-4,10,13,18H,1-2,5-9H2. The molecule has 2 aliphatic rings. The van der Waals surface area contributed by atoms with Crippen LogP contribution >= 0.6 is 0 Å². The first-order valence-corrected chi connectivity index (χ1v) is 9.31. The number of hydrogen-bond donors (Lipinski definition) is 1. The van der Waals surface area contributed by atoms with Crippen molar-refractivity contribution in [2.75, 3.05) is 32.7 Å². The minimum absolute atomic E-state index is 0.0162. The molecule has 1 unspecified atom stereocenters. The van der Waals surface area contributed by atoms with Crippen LogP contribution in [0.25, 0.3) is 0 Å². The van der Waals surface area contributed by atoms with Crippen LogP contribution in [-0.4, -0.2) is 62.3 Å². The molecule has 0 spiro atoms. The molecule has 3 rings (SSSR count). The van der Waals surface area contributed by atoms with E-state index >= 15 is 0 Å². The lowest BCUT2D eigenvalue weighted by atomic mass is 10.2. The molecule has 9 heteroatoms. The zero-order valence-electron chi connectivity index (χ0n) is 13.0. The highest BCUT2D eigenvalue weighted by Crippen LogP contribution is 2.22. The van der Waals surface area contributed by atoms with Gasteiger partial charge in [-0.05, 0) is 31.5 Å². The minimum atomic E-state index is -4.04. The lowest BCUT2D eigenvalue weighted by Gasteiger charge is -2.35. The summed E-state index contributed by atoms with van der Waals surface area (Å²) < 4.78 is 52.9. The van der Waals surface area contributed by atoms with Crippen LogP contribution in [-0.2, 0) is 14.8 Å². The second kappa shape index (κ2) is 6.73. The first-order valence-electron chi connectivity index (χ1n) is 7.87. The van der Waals surface area contributed by atoms with Crippen LogP contribution in [0, 0.1) is 11.6 Å². The Kier molecular flexibility index (Phi) is 4.84. The predicted octanol–water partition coefficient (Wildman–Crippen LogP) is 0.550. The Morgan fingerprint density at radius 2 is 1.88 bits per heavy atom. The number of nitrogens with zero attached hydrogens (tertiary/aromatic N) is 2. The van der Waals surface area contributed by atoms with Crippen molar-refractivity contribution in [3.05, 3.63) is 29.8 Å². The van der Waals surface area contributed by atoms with Gasteiger partial charge in [0.15, 0.2) is 0 Å². The maximum Gasteiger partial charge on any atom is 0.246 e. The summed E-state index contributed by atoms with van der Waals surface area (Å²) in [6, 6.07) is 2.21. The average molecular weight is 359 g/mol. The Morgan fingerprint density at radius 3 is 2.46 bits per heavy atom. The smallest absolute Gasteiger partial charge is 0.246 e. The SMILES string of the molecule is O=C(C1CCCN1)N1CCN(S(=O)(=O)c2ccc(F)cc2F)CC1. The number of carbonyl (C=O) groups is 1. The van der Waals surface area contributed by atoms with Crippen LogP contribution < -0.4 is 5.32 Å². The lowest BCUT2D eigenvalue weighted by molar-refractivity contribution is -0.134. The summed E-state index contributed by atoms with van der Waals surface area (Å²) in [6.45, 7) is 1.53. The summed E-state index contributed by atoms with van der Waals surface area (Å²) >= 11 is 0. The maximum atomic E-state index is 13.8. The second-order valence-electron chi connectivity index (χ2n) is 5.95. The molecule has 2 saturated heterocycles. The van der Waals surface area contributed by atoms with Gasteiger partial charge in [-0.2, -0.15) is 4.31 Å². The Hall–Kier alpha value is -1.58. The molecule has 1 atom stereocenters. The summed E-state index contributed by atoms with van der Waals surface area (Å²) in [6.07, 6.45) is 1.74. The molecule has 132 valence electrons. The van der Waals surface area contributed by atoms with E-state index < -0.39 is 26.6 Å². The Morgan fingerprint density at radius 1 is 1.17 bits per heavy atom. The van der Waals surface area contributed by atoms with Crippen LogP contribution in [0.4, 0.5) is 8.78 Å². The molecular weight excluding hydrogens is 340 g/mol. The van der Waals surface area contributed by atoms with Gasteiger partial charge in [0.2, 0.25) is 15.9 Å². The molecule has 0 radical (unpaired) electrons. The van der Waals surface area contributed by atoms with Crippen molar-refractivity contribution < 1.29 is 22.0 Å². The van der Waals surface area contributed by atoms with Crippen LogP contribution in [0.5, 0.6) is 0 Å². The number of nitrogens with one attached hydrogen (secondary N) is 1. The molecule has 6 nitrogen and oxygen atoms in total. The van der Waals surface area contributed by atoms with Crippen molar-refractivity contribution in [1.82, 2.24) is 14.5 Å².